The Morgan fingerprint density at radius 3 is 2.82 bits per heavy atom. The molecule has 1 aliphatic heterocycles. The lowest BCUT2D eigenvalue weighted by molar-refractivity contribution is -0.222. The van der Waals surface area contributed by atoms with E-state index in [0.29, 0.717) is 12.3 Å². The zero-order chi connectivity index (χ0) is 19.2. The predicted molar refractivity (Wildman–Crippen MR) is 107 cm³/mol. The molecule has 3 aromatic rings. The van der Waals surface area contributed by atoms with Gasteiger partial charge < -0.3 is 9.47 Å². The van der Waals surface area contributed by atoms with E-state index in [1.54, 1.807) is 29.8 Å². The van der Waals surface area contributed by atoms with Gasteiger partial charge in [0.05, 0.1) is 38.8 Å². The van der Waals surface area contributed by atoms with Crippen molar-refractivity contribution in [2.24, 2.45) is 10.9 Å². The summed E-state index contributed by atoms with van der Waals surface area (Å²) in [5, 5.41) is 0. The molecule has 6 nitrogen and oxygen atoms in total. The Kier molecular flexibility index (Phi) is 4.13. The van der Waals surface area contributed by atoms with Crippen molar-refractivity contribution >= 4 is 37.8 Å². The lowest BCUT2D eigenvalue weighted by Crippen LogP contribution is -2.56. The average molecular weight is 415 g/mol. The van der Waals surface area contributed by atoms with Gasteiger partial charge in [0.25, 0.3) is 5.79 Å². The van der Waals surface area contributed by atoms with Gasteiger partial charge in [-0.2, -0.15) is 0 Å². The highest BCUT2D eigenvalue weighted by Gasteiger charge is 2.52. The molecule has 0 bridgehead atoms. The van der Waals surface area contributed by atoms with Crippen molar-refractivity contribution in [2.75, 3.05) is 6.54 Å². The Morgan fingerprint density at radius 1 is 1.21 bits per heavy atom. The molecule has 2 aromatic carbocycles. The second kappa shape index (κ2) is 6.56. The number of rotatable bonds is 5. The molecular weight excluding hydrogens is 396 g/mol. The minimum Gasteiger partial charge on any atom is -0.452 e. The number of aliphatic imine (C=N–C) groups is 1. The SMILES string of the molecule is O=S(=O)(Cc1ccc2scnc2c1)c1ccc(OC23CCC2CN=CO3)cc1. The molecule has 2 heterocycles. The van der Waals surface area contributed by atoms with Crippen LogP contribution in [0.2, 0.25) is 0 Å². The van der Waals surface area contributed by atoms with E-state index in [1.165, 1.54) is 17.7 Å². The summed E-state index contributed by atoms with van der Waals surface area (Å²) in [6.45, 7) is 0.704. The van der Waals surface area contributed by atoms with Gasteiger partial charge in [0.1, 0.15) is 5.75 Å². The van der Waals surface area contributed by atoms with Crippen molar-refractivity contribution in [1.82, 2.24) is 4.98 Å². The van der Waals surface area contributed by atoms with Crippen LogP contribution in [0.4, 0.5) is 0 Å². The summed E-state index contributed by atoms with van der Waals surface area (Å²) in [5.41, 5.74) is 3.31. The quantitative estimate of drug-likeness (QED) is 0.634. The summed E-state index contributed by atoms with van der Waals surface area (Å²) in [5.74, 6) is 0.140. The third-order valence-corrected chi connectivity index (χ3v) is 7.85. The van der Waals surface area contributed by atoms with E-state index in [0.717, 1.165) is 28.6 Å². The van der Waals surface area contributed by atoms with Crippen molar-refractivity contribution < 1.29 is 17.9 Å². The monoisotopic (exact) mass is 414 g/mol. The Labute approximate surface area is 166 Å². The number of thiazole rings is 1. The van der Waals surface area contributed by atoms with Crippen molar-refractivity contribution in [3.63, 3.8) is 0 Å². The van der Waals surface area contributed by atoms with E-state index in [2.05, 4.69) is 9.98 Å². The minimum atomic E-state index is -3.46. The zero-order valence-corrected chi connectivity index (χ0v) is 16.6. The molecule has 0 radical (unpaired) electrons. The fraction of sp³-hybridized carbons (Fsp3) is 0.300. The Morgan fingerprint density at radius 2 is 2.07 bits per heavy atom. The van der Waals surface area contributed by atoms with Gasteiger partial charge in [-0.3, -0.25) is 4.99 Å². The standard InChI is InChI=1S/C20H18N2O4S2/c23-28(24,11-14-1-6-19-18(9-14)22-13-27-19)17-4-2-16(3-5-17)26-20-8-7-15(20)10-21-12-25-20/h1-6,9,12-13,15H,7-8,10-11H2. The average Bonchev–Trinajstić information content (AvgIpc) is 3.13. The first-order valence-corrected chi connectivity index (χ1v) is 11.6. The molecule has 2 unspecified atom stereocenters. The fourth-order valence-electron chi connectivity index (χ4n) is 3.64. The maximum absolute atomic E-state index is 12.8. The summed E-state index contributed by atoms with van der Waals surface area (Å²) >= 11 is 1.54. The van der Waals surface area contributed by atoms with Crippen LogP contribution in [0, 0.1) is 5.92 Å². The Hall–Kier alpha value is -2.45. The lowest BCUT2D eigenvalue weighted by Gasteiger charge is -2.48. The number of hydrogen-bond acceptors (Lipinski definition) is 7. The minimum absolute atomic E-state index is 0.0632. The zero-order valence-electron chi connectivity index (χ0n) is 14.9. The molecule has 1 aromatic heterocycles. The Balaban J connectivity index is 1.33. The molecule has 1 aliphatic carbocycles. The summed E-state index contributed by atoms with van der Waals surface area (Å²) in [7, 11) is -3.46. The Bertz CT molecular complexity index is 1150. The number of hydrogen-bond donors (Lipinski definition) is 0. The molecule has 0 spiro atoms. The van der Waals surface area contributed by atoms with Crippen molar-refractivity contribution in [1.29, 1.82) is 0 Å². The van der Waals surface area contributed by atoms with E-state index in [1.807, 2.05) is 18.2 Å². The fourth-order valence-corrected chi connectivity index (χ4v) is 5.63. The molecular formula is C20H18N2O4S2. The molecule has 144 valence electrons. The van der Waals surface area contributed by atoms with Crippen molar-refractivity contribution in [3.8, 4) is 5.75 Å². The molecule has 5 rings (SSSR count). The topological polar surface area (TPSA) is 77.9 Å². The molecule has 8 heteroatoms. The van der Waals surface area contributed by atoms with Gasteiger partial charge in [-0.25, -0.2) is 13.4 Å². The largest absolute Gasteiger partial charge is 0.452 e. The molecule has 1 saturated carbocycles. The molecule has 0 saturated heterocycles. The van der Waals surface area contributed by atoms with Crippen LogP contribution in [-0.2, 0) is 20.3 Å². The van der Waals surface area contributed by atoms with Gasteiger partial charge in [0.2, 0.25) is 0 Å². The van der Waals surface area contributed by atoms with Crippen LogP contribution in [0.5, 0.6) is 5.75 Å². The van der Waals surface area contributed by atoms with Crippen LogP contribution in [-0.4, -0.2) is 32.1 Å². The molecule has 2 aliphatic rings. The van der Waals surface area contributed by atoms with E-state index in [4.69, 9.17) is 9.47 Å². The first-order valence-electron chi connectivity index (χ1n) is 9.04. The molecule has 0 N–H and O–H groups in total. The second-order valence-corrected chi connectivity index (χ2v) is 10.00. The number of sulfone groups is 1. The number of benzene rings is 2. The van der Waals surface area contributed by atoms with E-state index >= 15 is 0 Å². The normalized spacial score (nSPS) is 23.6. The lowest BCUT2D eigenvalue weighted by atomic mass is 9.77. The molecule has 1 fully saturated rings. The first kappa shape index (κ1) is 17.6. The number of nitrogens with zero attached hydrogens (tertiary/aromatic N) is 2. The third kappa shape index (κ3) is 3.06. The van der Waals surface area contributed by atoms with Crippen LogP contribution in [0.1, 0.15) is 18.4 Å². The van der Waals surface area contributed by atoms with Gasteiger partial charge >= 0.3 is 0 Å². The van der Waals surface area contributed by atoms with Crippen LogP contribution in [0.15, 0.2) is 57.9 Å². The highest BCUT2D eigenvalue weighted by molar-refractivity contribution is 7.90. The van der Waals surface area contributed by atoms with Gasteiger partial charge in [-0.05, 0) is 48.4 Å². The summed E-state index contributed by atoms with van der Waals surface area (Å²) in [6.07, 6.45) is 3.28. The summed E-state index contributed by atoms with van der Waals surface area (Å²) in [4.78, 5) is 8.66. The van der Waals surface area contributed by atoms with Gasteiger partial charge in [0.15, 0.2) is 16.2 Å². The van der Waals surface area contributed by atoms with Gasteiger partial charge in [0, 0.05) is 6.42 Å². The first-order chi connectivity index (χ1) is 13.5. The highest BCUT2D eigenvalue weighted by atomic mass is 32.2. The van der Waals surface area contributed by atoms with Crippen molar-refractivity contribution in [2.45, 2.75) is 29.3 Å². The maximum Gasteiger partial charge on any atom is 0.256 e. The smallest absolute Gasteiger partial charge is 0.256 e. The third-order valence-electron chi connectivity index (χ3n) is 5.34. The second-order valence-electron chi connectivity index (χ2n) is 7.12. The van der Waals surface area contributed by atoms with E-state index in [-0.39, 0.29) is 16.6 Å². The van der Waals surface area contributed by atoms with Gasteiger partial charge in [-0.15, -0.1) is 11.3 Å². The van der Waals surface area contributed by atoms with Crippen LogP contribution in [0.25, 0.3) is 10.2 Å². The number of fused-ring (bicyclic) bond motifs is 2. The molecule has 28 heavy (non-hydrogen) atoms. The molecule has 0 amide bonds. The summed E-state index contributed by atoms with van der Waals surface area (Å²) in [6, 6.07) is 12.1. The number of aromatic nitrogens is 1. The van der Waals surface area contributed by atoms with Gasteiger partial charge in [-0.1, -0.05) is 6.07 Å². The van der Waals surface area contributed by atoms with Crippen LogP contribution in [0.3, 0.4) is 0 Å². The maximum atomic E-state index is 12.8. The van der Waals surface area contributed by atoms with Crippen molar-refractivity contribution in [3.05, 3.63) is 53.5 Å². The van der Waals surface area contributed by atoms with E-state index in [9.17, 15) is 8.42 Å². The summed E-state index contributed by atoms with van der Waals surface area (Å²) < 4.78 is 38.3. The van der Waals surface area contributed by atoms with Crippen LogP contribution < -0.4 is 4.74 Å². The molecule has 2 atom stereocenters. The van der Waals surface area contributed by atoms with Crippen LogP contribution >= 0.6 is 11.3 Å². The van der Waals surface area contributed by atoms with E-state index < -0.39 is 15.6 Å². The number of ether oxygens (including phenoxy) is 2. The predicted octanol–water partition coefficient (Wildman–Crippen LogP) is 3.81. The highest BCUT2D eigenvalue weighted by Crippen LogP contribution is 2.44.